The lowest BCUT2D eigenvalue weighted by Gasteiger charge is -2.20. The number of halogens is 2. The molecule has 1 amide bonds. The first-order valence-electron chi connectivity index (χ1n) is 10.2. The summed E-state index contributed by atoms with van der Waals surface area (Å²) in [5.41, 5.74) is 0.499. The highest BCUT2D eigenvalue weighted by molar-refractivity contribution is 5.98. The van der Waals surface area contributed by atoms with Crippen molar-refractivity contribution in [1.29, 1.82) is 0 Å². The average molecular weight is 443 g/mol. The van der Waals surface area contributed by atoms with E-state index in [4.69, 9.17) is 9.15 Å². The van der Waals surface area contributed by atoms with Crippen LogP contribution in [0.3, 0.4) is 0 Å². The van der Waals surface area contributed by atoms with Gasteiger partial charge >= 0.3 is 0 Å². The molecule has 2 aromatic heterocycles. The number of nitrogens with one attached hydrogen (secondary N) is 1. The first kappa shape index (κ1) is 21.8. The number of aromatic nitrogens is 1. The lowest BCUT2D eigenvalue weighted by Crippen LogP contribution is -2.31. The molecular weight excluding hydrogens is 420 g/mol. The van der Waals surface area contributed by atoms with Crippen molar-refractivity contribution in [3.8, 4) is 5.75 Å². The number of furan rings is 1. The summed E-state index contributed by atoms with van der Waals surface area (Å²) in [5.74, 6) is -0.829. The topological polar surface area (TPSA) is 76.7 Å². The van der Waals surface area contributed by atoms with Crippen molar-refractivity contribution in [2.45, 2.75) is 26.1 Å². The Balaban J connectivity index is 1.60. The number of hydrogen-bond acceptors (Lipinski definition) is 5. The molecule has 1 aliphatic rings. The maximum atomic E-state index is 14.1. The Morgan fingerprint density at radius 1 is 1.16 bits per heavy atom. The Labute approximate surface area is 183 Å². The van der Waals surface area contributed by atoms with E-state index in [0.29, 0.717) is 31.0 Å². The fraction of sp³-hybridized carbons (Fsp3) is 0.304. The number of carbonyl (C=O) groups excluding carboxylic acids is 1. The third-order valence-electron chi connectivity index (χ3n) is 5.58. The van der Waals surface area contributed by atoms with Crippen LogP contribution in [0.2, 0.25) is 0 Å². The molecule has 7 nitrogen and oxygen atoms in total. The zero-order chi connectivity index (χ0) is 22.7. The van der Waals surface area contributed by atoms with Gasteiger partial charge in [-0.3, -0.25) is 14.5 Å². The van der Waals surface area contributed by atoms with Crippen molar-refractivity contribution in [3.05, 3.63) is 87.2 Å². The summed E-state index contributed by atoms with van der Waals surface area (Å²) in [7, 11) is 1.40. The second kappa shape index (κ2) is 9.35. The molecule has 0 spiro atoms. The first-order chi connectivity index (χ1) is 15.5. The monoisotopic (exact) mass is 443 g/mol. The highest BCUT2D eigenvalue weighted by Gasteiger charge is 2.26. The number of benzene rings is 1. The summed E-state index contributed by atoms with van der Waals surface area (Å²) >= 11 is 0. The number of fused-ring (bicyclic) bond motifs is 1. The molecule has 1 N–H and O–H groups in total. The van der Waals surface area contributed by atoms with Gasteiger partial charge in [-0.05, 0) is 24.3 Å². The van der Waals surface area contributed by atoms with Crippen LogP contribution in [0, 0.1) is 11.6 Å². The van der Waals surface area contributed by atoms with Gasteiger partial charge in [0.2, 0.25) is 0 Å². The zero-order valence-electron chi connectivity index (χ0n) is 17.6. The summed E-state index contributed by atoms with van der Waals surface area (Å²) in [6.45, 7) is 1.36. The standard InChI is InChI=1S/C23H23F2N3O4/c1-31-20-12-21(29)28-10-9-27(14-16-17(24)5-2-6-18(16)25)8-7-19(28)22(20)23(30)26-13-15-4-3-11-32-15/h2-6,11-12H,7-10,13-14H2,1H3,(H,26,30). The van der Waals surface area contributed by atoms with E-state index in [1.54, 1.807) is 12.1 Å². The second-order valence-corrected chi connectivity index (χ2v) is 7.51. The molecule has 0 aliphatic carbocycles. The Morgan fingerprint density at radius 3 is 2.62 bits per heavy atom. The van der Waals surface area contributed by atoms with Crippen molar-refractivity contribution in [3.63, 3.8) is 0 Å². The van der Waals surface area contributed by atoms with E-state index in [2.05, 4.69) is 5.32 Å². The minimum absolute atomic E-state index is 0.0141. The van der Waals surface area contributed by atoms with Crippen molar-refractivity contribution in [2.75, 3.05) is 20.2 Å². The van der Waals surface area contributed by atoms with Crippen LogP contribution < -0.4 is 15.6 Å². The van der Waals surface area contributed by atoms with Crippen molar-refractivity contribution in [2.24, 2.45) is 0 Å². The lowest BCUT2D eigenvalue weighted by molar-refractivity contribution is 0.0942. The van der Waals surface area contributed by atoms with Gasteiger partial charge in [-0.15, -0.1) is 0 Å². The Morgan fingerprint density at radius 2 is 1.94 bits per heavy atom. The number of nitrogens with zero attached hydrogens (tertiary/aromatic N) is 2. The van der Waals surface area contributed by atoms with Crippen LogP contribution in [-0.4, -0.2) is 35.6 Å². The molecule has 0 atom stereocenters. The molecule has 9 heteroatoms. The van der Waals surface area contributed by atoms with Gasteiger partial charge in [0.25, 0.3) is 11.5 Å². The molecule has 3 aromatic rings. The molecule has 0 saturated carbocycles. The summed E-state index contributed by atoms with van der Waals surface area (Å²) in [5, 5.41) is 2.79. The van der Waals surface area contributed by atoms with Crippen molar-refractivity contribution >= 4 is 5.91 Å². The third-order valence-corrected chi connectivity index (χ3v) is 5.58. The highest BCUT2D eigenvalue weighted by Crippen LogP contribution is 2.24. The van der Waals surface area contributed by atoms with E-state index >= 15 is 0 Å². The number of rotatable bonds is 6. The SMILES string of the molecule is COc1cc(=O)n2c(c1C(=O)NCc1ccco1)CCN(Cc1c(F)cccc1F)CC2. The first-order valence-corrected chi connectivity index (χ1v) is 10.2. The molecule has 168 valence electrons. The minimum atomic E-state index is -0.608. The van der Waals surface area contributed by atoms with Crippen LogP contribution in [0.4, 0.5) is 8.78 Å². The Hall–Kier alpha value is -3.46. The van der Waals surface area contributed by atoms with Crippen LogP contribution in [0.1, 0.15) is 27.4 Å². The molecule has 4 rings (SSSR count). The molecule has 1 aliphatic heterocycles. The normalized spacial score (nSPS) is 14.0. The number of amides is 1. The van der Waals surface area contributed by atoms with Gasteiger partial charge in [-0.2, -0.15) is 0 Å². The van der Waals surface area contributed by atoms with Crippen LogP contribution in [0.5, 0.6) is 5.75 Å². The lowest BCUT2D eigenvalue weighted by atomic mass is 10.1. The molecule has 0 radical (unpaired) electrons. The fourth-order valence-electron chi connectivity index (χ4n) is 3.93. The molecule has 0 bridgehead atoms. The van der Waals surface area contributed by atoms with Crippen LogP contribution in [-0.2, 0) is 26.1 Å². The van der Waals surface area contributed by atoms with E-state index in [0.717, 1.165) is 0 Å². The van der Waals surface area contributed by atoms with Gasteiger partial charge in [0.05, 0.1) is 19.9 Å². The molecular formula is C23H23F2N3O4. The van der Waals surface area contributed by atoms with Crippen LogP contribution in [0.25, 0.3) is 0 Å². The van der Waals surface area contributed by atoms with E-state index < -0.39 is 17.5 Å². The molecule has 32 heavy (non-hydrogen) atoms. The molecule has 0 fully saturated rings. The van der Waals surface area contributed by atoms with Crippen molar-refractivity contribution < 1.29 is 22.7 Å². The third kappa shape index (κ3) is 4.43. The predicted octanol–water partition coefficient (Wildman–Crippen LogP) is 2.72. The van der Waals surface area contributed by atoms with Gasteiger partial charge in [-0.1, -0.05) is 6.07 Å². The molecule has 0 unspecified atom stereocenters. The summed E-state index contributed by atoms with van der Waals surface area (Å²) in [4.78, 5) is 27.6. The van der Waals surface area contributed by atoms with E-state index in [9.17, 15) is 18.4 Å². The Kier molecular flexibility index (Phi) is 6.36. The number of methoxy groups -OCH3 is 1. The van der Waals surface area contributed by atoms with Crippen LogP contribution in [0.15, 0.2) is 51.9 Å². The van der Waals surface area contributed by atoms with Gasteiger partial charge in [-0.25, -0.2) is 8.78 Å². The number of ether oxygens (including phenoxy) is 1. The summed E-state index contributed by atoms with van der Waals surface area (Å²) < 4.78 is 40.3. The number of hydrogen-bond donors (Lipinski definition) is 1. The molecule has 3 heterocycles. The Bertz CT molecular complexity index is 1150. The van der Waals surface area contributed by atoms with E-state index in [1.807, 2.05) is 4.90 Å². The smallest absolute Gasteiger partial charge is 0.257 e. The summed E-state index contributed by atoms with van der Waals surface area (Å²) in [6, 6.07) is 8.53. The summed E-state index contributed by atoms with van der Waals surface area (Å²) in [6.07, 6.45) is 1.86. The quantitative estimate of drug-likeness (QED) is 0.634. The van der Waals surface area contributed by atoms with Gasteiger partial charge < -0.3 is 19.0 Å². The van der Waals surface area contributed by atoms with Crippen LogP contribution >= 0.6 is 0 Å². The van der Waals surface area contributed by atoms with Gasteiger partial charge in [0.15, 0.2) is 0 Å². The fourth-order valence-corrected chi connectivity index (χ4v) is 3.93. The van der Waals surface area contributed by atoms with Gasteiger partial charge in [0.1, 0.15) is 28.7 Å². The van der Waals surface area contributed by atoms with Crippen molar-refractivity contribution in [1.82, 2.24) is 14.8 Å². The maximum absolute atomic E-state index is 14.1. The minimum Gasteiger partial charge on any atom is -0.496 e. The number of carbonyl (C=O) groups is 1. The second-order valence-electron chi connectivity index (χ2n) is 7.51. The largest absolute Gasteiger partial charge is 0.496 e. The average Bonchev–Trinajstić information content (AvgIpc) is 3.21. The van der Waals surface area contributed by atoms with Gasteiger partial charge in [0, 0.05) is 49.9 Å². The van der Waals surface area contributed by atoms with E-state index in [-0.39, 0.29) is 42.1 Å². The molecule has 0 saturated heterocycles. The zero-order valence-corrected chi connectivity index (χ0v) is 17.6. The molecule has 1 aromatic carbocycles. The van der Waals surface area contributed by atoms with E-state index in [1.165, 1.54) is 42.2 Å². The predicted molar refractivity (Wildman–Crippen MR) is 112 cm³/mol. The highest BCUT2D eigenvalue weighted by atomic mass is 19.1. The maximum Gasteiger partial charge on any atom is 0.257 e. The number of pyridine rings is 1.